The van der Waals surface area contributed by atoms with Crippen molar-refractivity contribution in [2.75, 3.05) is 53.4 Å². The zero-order valence-corrected chi connectivity index (χ0v) is 15.3. The zero-order chi connectivity index (χ0) is 17.1. The summed E-state index contributed by atoms with van der Waals surface area (Å²) in [6, 6.07) is 0. The molecule has 0 radical (unpaired) electrons. The Morgan fingerprint density at radius 3 is 2.57 bits per heavy atom. The first-order valence-electron chi connectivity index (χ1n) is 8.92. The minimum Gasteiger partial charge on any atom is -0.469 e. The molecule has 0 aromatic carbocycles. The molecule has 23 heavy (non-hydrogen) atoms. The molecule has 1 aliphatic rings. The van der Waals surface area contributed by atoms with E-state index in [1.165, 1.54) is 20.0 Å². The summed E-state index contributed by atoms with van der Waals surface area (Å²) in [5, 5.41) is 3.37. The third kappa shape index (κ3) is 7.20. The Balaban J connectivity index is 2.45. The third-order valence-corrected chi connectivity index (χ3v) is 4.30. The summed E-state index contributed by atoms with van der Waals surface area (Å²) < 4.78 is 4.85. The number of methoxy groups -OCH3 is 1. The lowest BCUT2D eigenvalue weighted by Gasteiger charge is -2.33. The molecule has 0 unspecified atom stereocenters. The van der Waals surface area contributed by atoms with Gasteiger partial charge in [-0.1, -0.05) is 13.3 Å². The minimum atomic E-state index is -0.0795. The highest BCUT2D eigenvalue weighted by Gasteiger charge is 2.26. The molecule has 0 bridgehead atoms. The second-order valence-corrected chi connectivity index (χ2v) is 6.18. The molecule has 0 spiro atoms. The molecular weight excluding hydrogens is 292 g/mol. The van der Waals surface area contributed by atoms with Crippen molar-refractivity contribution >= 4 is 11.9 Å². The first kappa shape index (κ1) is 19.7. The Kier molecular flexibility index (Phi) is 9.67. The summed E-state index contributed by atoms with van der Waals surface area (Å²) in [6.45, 7) is 9.80. The Morgan fingerprint density at radius 1 is 1.30 bits per heavy atom. The van der Waals surface area contributed by atoms with Crippen LogP contribution in [0.5, 0.6) is 0 Å². The highest BCUT2D eigenvalue weighted by molar-refractivity contribution is 5.80. The van der Waals surface area contributed by atoms with E-state index in [-0.39, 0.29) is 11.9 Å². The summed E-state index contributed by atoms with van der Waals surface area (Å²) in [6.07, 6.45) is 4.15. The number of likely N-dealkylation sites (N-methyl/N-ethyl adjacent to an activating group) is 1. The lowest BCUT2D eigenvalue weighted by molar-refractivity contribution is -0.146. The number of guanidine groups is 1. The molecule has 1 fully saturated rings. The number of unbranched alkanes of at least 4 members (excludes halogenated alkanes) is 1. The second-order valence-electron chi connectivity index (χ2n) is 6.18. The number of rotatable bonds is 8. The van der Waals surface area contributed by atoms with Crippen molar-refractivity contribution in [2.24, 2.45) is 10.9 Å². The van der Waals surface area contributed by atoms with Gasteiger partial charge in [0.1, 0.15) is 0 Å². The maximum absolute atomic E-state index is 11.6. The average Bonchev–Trinajstić information content (AvgIpc) is 2.58. The zero-order valence-electron chi connectivity index (χ0n) is 15.3. The van der Waals surface area contributed by atoms with Crippen LogP contribution in [0.2, 0.25) is 0 Å². The molecule has 1 rings (SSSR count). The fourth-order valence-electron chi connectivity index (χ4n) is 2.79. The van der Waals surface area contributed by atoms with Crippen molar-refractivity contribution in [3.05, 3.63) is 0 Å². The number of esters is 1. The Hall–Kier alpha value is -1.30. The number of likely N-dealkylation sites (tertiary alicyclic amines) is 1. The molecule has 0 atom stereocenters. The summed E-state index contributed by atoms with van der Waals surface area (Å²) in [5.74, 6) is 0.933. The van der Waals surface area contributed by atoms with E-state index in [0.29, 0.717) is 0 Å². The van der Waals surface area contributed by atoms with E-state index in [2.05, 4.69) is 36.0 Å². The molecule has 1 N–H and O–H groups in total. The molecule has 1 saturated heterocycles. The maximum atomic E-state index is 11.6. The molecule has 1 heterocycles. The highest BCUT2D eigenvalue weighted by Crippen LogP contribution is 2.18. The van der Waals surface area contributed by atoms with Gasteiger partial charge in [0.25, 0.3) is 0 Å². The van der Waals surface area contributed by atoms with Gasteiger partial charge in [0.15, 0.2) is 5.96 Å². The Bertz CT molecular complexity index is 366. The number of ether oxygens (including phenoxy) is 1. The fraction of sp³-hybridized carbons (Fsp3) is 0.882. The molecule has 0 saturated carbocycles. The van der Waals surface area contributed by atoms with E-state index in [0.717, 1.165) is 58.1 Å². The number of carbonyl (C=O) groups excluding carboxylic acids is 1. The average molecular weight is 326 g/mol. The van der Waals surface area contributed by atoms with Crippen molar-refractivity contribution < 1.29 is 9.53 Å². The van der Waals surface area contributed by atoms with Crippen molar-refractivity contribution in [1.29, 1.82) is 0 Å². The number of nitrogens with zero attached hydrogens (tertiary/aromatic N) is 3. The Morgan fingerprint density at radius 2 is 2.00 bits per heavy atom. The van der Waals surface area contributed by atoms with Gasteiger partial charge in [-0.05, 0) is 39.8 Å². The first-order chi connectivity index (χ1) is 11.1. The lowest BCUT2D eigenvalue weighted by Crippen LogP contribution is -2.47. The van der Waals surface area contributed by atoms with Crippen LogP contribution in [0.25, 0.3) is 0 Å². The van der Waals surface area contributed by atoms with Crippen LogP contribution in [0.15, 0.2) is 4.99 Å². The quantitative estimate of drug-likeness (QED) is 0.417. The van der Waals surface area contributed by atoms with Gasteiger partial charge in [0.2, 0.25) is 0 Å². The van der Waals surface area contributed by atoms with Crippen LogP contribution in [0.4, 0.5) is 0 Å². The van der Waals surface area contributed by atoms with Crippen molar-refractivity contribution in [3.63, 3.8) is 0 Å². The second kappa shape index (κ2) is 11.3. The van der Waals surface area contributed by atoms with Crippen molar-refractivity contribution in [3.8, 4) is 0 Å². The number of aliphatic imine (C=N–C) groups is 1. The number of hydrogen-bond acceptors (Lipinski definition) is 4. The van der Waals surface area contributed by atoms with E-state index in [9.17, 15) is 4.79 Å². The third-order valence-electron chi connectivity index (χ3n) is 4.30. The predicted octanol–water partition coefficient (Wildman–Crippen LogP) is 1.57. The van der Waals surface area contributed by atoms with Gasteiger partial charge in [-0.15, -0.1) is 0 Å². The molecule has 6 heteroatoms. The molecule has 0 aliphatic carbocycles. The van der Waals surface area contributed by atoms with Crippen LogP contribution in [-0.2, 0) is 9.53 Å². The molecule has 0 amide bonds. The molecule has 0 aromatic heterocycles. The predicted molar refractivity (Wildman–Crippen MR) is 94.7 cm³/mol. The molecule has 1 aliphatic heterocycles. The first-order valence-corrected chi connectivity index (χ1v) is 8.92. The van der Waals surface area contributed by atoms with E-state index in [1.807, 2.05) is 0 Å². The monoisotopic (exact) mass is 326 g/mol. The lowest BCUT2D eigenvalue weighted by atomic mass is 9.97. The number of nitrogens with one attached hydrogen (secondary N) is 1. The van der Waals surface area contributed by atoms with Gasteiger partial charge < -0.3 is 19.9 Å². The SMILES string of the molecule is CCCCN(C)CCN=C(NCC)N1CCC(C(=O)OC)CC1. The van der Waals surface area contributed by atoms with Gasteiger partial charge in [-0.2, -0.15) is 0 Å². The van der Waals surface area contributed by atoms with Gasteiger partial charge in [0, 0.05) is 26.2 Å². The molecule has 134 valence electrons. The molecule has 0 aromatic rings. The van der Waals surface area contributed by atoms with Crippen LogP contribution < -0.4 is 5.32 Å². The molecule has 6 nitrogen and oxygen atoms in total. The van der Waals surface area contributed by atoms with E-state index >= 15 is 0 Å². The van der Waals surface area contributed by atoms with Gasteiger partial charge in [0.05, 0.1) is 19.6 Å². The Labute approximate surface area is 141 Å². The molecular formula is C17H34N4O2. The van der Waals surface area contributed by atoms with Crippen molar-refractivity contribution in [1.82, 2.24) is 15.1 Å². The van der Waals surface area contributed by atoms with Gasteiger partial charge in [-0.25, -0.2) is 0 Å². The smallest absolute Gasteiger partial charge is 0.308 e. The van der Waals surface area contributed by atoms with Crippen LogP contribution in [-0.4, -0.2) is 75.2 Å². The summed E-state index contributed by atoms with van der Waals surface area (Å²) in [4.78, 5) is 21.0. The number of carbonyl (C=O) groups is 1. The number of piperidine rings is 1. The largest absolute Gasteiger partial charge is 0.469 e. The van der Waals surface area contributed by atoms with E-state index < -0.39 is 0 Å². The van der Waals surface area contributed by atoms with E-state index in [4.69, 9.17) is 9.73 Å². The van der Waals surface area contributed by atoms with Gasteiger partial charge >= 0.3 is 5.97 Å². The minimum absolute atomic E-state index is 0.0410. The standard InChI is InChI=1S/C17H34N4O2/c1-5-7-11-20(3)14-10-19-17(18-6-2)21-12-8-15(9-13-21)16(22)23-4/h15H,5-14H2,1-4H3,(H,18,19). The van der Waals surface area contributed by atoms with Crippen molar-refractivity contribution in [2.45, 2.75) is 39.5 Å². The van der Waals surface area contributed by atoms with Crippen LogP contribution >= 0.6 is 0 Å². The summed E-state index contributed by atoms with van der Waals surface area (Å²) >= 11 is 0. The fourth-order valence-corrected chi connectivity index (χ4v) is 2.79. The van der Waals surface area contributed by atoms with Crippen LogP contribution in [0.3, 0.4) is 0 Å². The topological polar surface area (TPSA) is 57.2 Å². The normalized spacial score (nSPS) is 16.7. The maximum Gasteiger partial charge on any atom is 0.308 e. The van der Waals surface area contributed by atoms with Gasteiger partial charge in [-0.3, -0.25) is 9.79 Å². The summed E-state index contributed by atoms with van der Waals surface area (Å²) in [5.41, 5.74) is 0. The highest BCUT2D eigenvalue weighted by atomic mass is 16.5. The van der Waals surface area contributed by atoms with Crippen LogP contribution in [0, 0.1) is 5.92 Å². The summed E-state index contributed by atoms with van der Waals surface area (Å²) in [7, 11) is 3.62. The van der Waals surface area contributed by atoms with Crippen LogP contribution in [0.1, 0.15) is 39.5 Å². The number of hydrogen-bond donors (Lipinski definition) is 1. The van der Waals surface area contributed by atoms with E-state index in [1.54, 1.807) is 0 Å².